The van der Waals surface area contributed by atoms with E-state index in [2.05, 4.69) is 5.32 Å². The highest BCUT2D eigenvalue weighted by Gasteiger charge is 2.41. The first-order valence-corrected chi connectivity index (χ1v) is 9.43. The largest absolute Gasteiger partial charge is 0.493 e. The molecule has 144 valence electrons. The molecule has 1 aliphatic heterocycles. The van der Waals surface area contributed by atoms with Crippen molar-refractivity contribution in [3.8, 4) is 11.5 Å². The lowest BCUT2D eigenvalue weighted by Gasteiger charge is -2.40. The number of ether oxygens (including phenoxy) is 2. The Balaban J connectivity index is 1.95. The minimum atomic E-state index is -0.416. The summed E-state index contributed by atoms with van der Waals surface area (Å²) in [6, 6.07) is 5.38. The van der Waals surface area contributed by atoms with Crippen LogP contribution in [0.1, 0.15) is 50.4 Å². The molecule has 1 aliphatic carbocycles. The molecule has 0 saturated heterocycles. The maximum atomic E-state index is 13.3. The monoisotopic (exact) mass is 370 g/mol. The Morgan fingerprint density at radius 1 is 1.30 bits per heavy atom. The van der Waals surface area contributed by atoms with Crippen molar-refractivity contribution in [2.75, 3.05) is 13.7 Å². The molecule has 0 unspecified atom stereocenters. The van der Waals surface area contributed by atoms with Gasteiger partial charge in [0.25, 0.3) is 11.5 Å². The van der Waals surface area contributed by atoms with Gasteiger partial charge in [0.15, 0.2) is 11.5 Å². The summed E-state index contributed by atoms with van der Waals surface area (Å²) in [6.07, 6.45) is 3.18. The molecule has 4 rings (SSSR count). The highest BCUT2D eigenvalue weighted by Crippen LogP contribution is 2.47. The van der Waals surface area contributed by atoms with Gasteiger partial charge in [-0.1, -0.05) is 6.42 Å². The number of pyridine rings is 1. The Kier molecular flexibility index (Phi) is 3.98. The van der Waals surface area contributed by atoms with Crippen LogP contribution in [0.3, 0.4) is 0 Å². The van der Waals surface area contributed by atoms with E-state index >= 15 is 0 Å². The minimum Gasteiger partial charge on any atom is -0.493 e. The number of amides is 1. The lowest BCUT2D eigenvalue weighted by atomic mass is 9.69. The molecule has 1 N–H and O–H groups in total. The lowest BCUT2D eigenvalue weighted by molar-refractivity contribution is 0.0458. The third-order valence-corrected chi connectivity index (χ3v) is 5.56. The number of nitrogens with one attached hydrogen (secondary N) is 1. The number of rotatable bonds is 2. The smallest absolute Gasteiger partial charge is 0.264 e. The number of methoxy groups -OCH3 is 1. The molecule has 1 amide bonds. The second-order valence-corrected chi connectivity index (χ2v) is 8.83. The van der Waals surface area contributed by atoms with Crippen molar-refractivity contribution in [3.05, 3.63) is 34.1 Å². The molecule has 2 heterocycles. The average Bonchev–Trinajstić information content (AvgIpc) is 2.75. The summed E-state index contributed by atoms with van der Waals surface area (Å²) in [5, 5.41) is 3.71. The van der Waals surface area contributed by atoms with Crippen LogP contribution in [0.25, 0.3) is 10.9 Å². The van der Waals surface area contributed by atoms with Crippen molar-refractivity contribution in [2.24, 2.45) is 5.41 Å². The van der Waals surface area contributed by atoms with Crippen molar-refractivity contribution < 1.29 is 14.3 Å². The highest BCUT2D eigenvalue weighted by atomic mass is 16.5. The van der Waals surface area contributed by atoms with E-state index in [1.807, 2.05) is 32.9 Å². The van der Waals surface area contributed by atoms with Crippen molar-refractivity contribution >= 4 is 16.8 Å². The van der Waals surface area contributed by atoms with Crippen LogP contribution in [0.15, 0.2) is 23.0 Å². The molecular weight excluding hydrogens is 344 g/mol. The van der Waals surface area contributed by atoms with Crippen LogP contribution in [-0.2, 0) is 6.54 Å². The zero-order valence-corrected chi connectivity index (χ0v) is 16.3. The predicted octanol–water partition coefficient (Wildman–Crippen LogP) is 3.10. The first kappa shape index (κ1) is 17.9. The Labute approximate surface area is 158 Å². The average molecular weight is 370 g/mol. The van der Waals surface area contributed by atoms with Gasteiger partial charge in [-0.15, -0.1) is 0 Å². The Hall–Kier alpha value is -2.50. The molecule has 1 aromatic heterocycles. The molecule has 2 aromatic rings. The van der Waals surface area contributed by atoms with Gasteiger partial charge in [0.1, 0.15) is 5.56 Å². The normalized spacial score (nSPS) is 17.8. The summed E-state index contributed by atoms with van der Waals surface area (Å²) in [7, 11) is 1.60. The molecule has 0 atom stereocenters. The van der Waals surface area contributed by atoms with Crippen LogP contribution in [0, 0.1) is 5.41 Å². The molecule has 0 radical (unpaired) electrons. The lowest BCUT2D eigenvalue weighted by Crippen LogP contribution is -2.45. The summed E-state index contributed by atoms with van der Waals surface area (Å²) in [5.74, 6) is 0.862. The number of nitrogens with zero attached hydrogens (tertiary/aromatic N) is 1. The Morgan fingerprint density at radius 2 is 2.04 bits per heavy atom. The molecule has 2 aliphatic rings. The first-order chi connectivity index (χ1) is 12.7. The number of carbonyl (C=O) groups is 1. The molecule has 0 bridgehead atoms. The second-order valence-electron chi connectivity index (χ2n) is 8.83. The van der Waals surface area contributed by atoms with Gasteiger partial charge in [-0.3, -0.25) is 9.59 Å². The van der Waals surface area contributed by atoms with Crippen LogP contribution in [-0.4, -0.2) is 29.7 Å². The summed E-state index contributed by atoms with van der Waals surface area (Å²) in [6.45, 7) is 6.84. The second kappa shape index (κ2) is 6.01. The van der Waals surface area contributed by atoms with Gasteiger partial charge in [-0.25, -0.2) is 0 Å². The maximum Gasteiger partial charge on any atom is 0.264 e. The SMILES string of the molecule is COc1ccc2cc(C(=O)NC(C)(C)C)c(=O)n3c2c1OCC1(CCC1)C3. The van der Waals surface area contributed by atoms with E-state index in [0.717, 1.165) is 30.2 Å². The Morgan fingerprint density at radius 3 is 2.63 bits per heavy atom. The fourth-order valence-corrected chi connectivity index (χ4v) is 4.03. The van der Waals surface area contributed by atoms with Crippen molar-refractivity contribution in [3.63, 3.8) is 0 Å². The third-order valence-electron chi connectivity index (χ3n) is 5.56. The van der Waals surface area contributed by atoms with E-state index in [9.17, 15) is 9.59 Å². The topological polar surface area (TPSA) is 69.6 Å². The Bertz CT molecular complexity index is 980. The van der Waals surface area contributed by atoms with E-state index in [-0.39, 0.29) is 22.4 Å². The maximum absolute atomic E-state index is 13.3. The van der Waals surface area contributed by atoms with Crippen LogP contribution in [0.2, 0.25) is 0 Å². The van der Waals surface area contributed by atoms with Crippen LogP contribution in [0.4, 0.5) is 0 Å². The minimum absolute atomic E-state index is 0.0418. The van der Waals surface area contributed by atoms with Crippen LogP contribution >= 0.6 is 0 Å². The highest BCUT2D eigenvalue weighted by molar-refractivity contribution is 5.99. The summed E-state index contributed by atoms with van der Waals surface area (Å²) >= 11 is 0. The zero-order valence-electron chi connectivity index (χ0n) is 16.3. The summed E-state index contributed by atoms with van der Waals surface area (Å²) in [4.78, 5) is 26.1. The first-order valence-electron chi connectivity index (χ1n) is 9.43. The van der Waals surface area contributed by atoms with Crippen molar-refractivity contribution in [2.45, 2.75) is 52.1 Å². The molecule has 27 heavy (non-hydrogen) atoms. The molecule has 1 spiro atoms. The van der Waals surface area contributed by atoms with Gasteiger partial charge in [-0.2, -0.15) is 0 Å². The van der Waals surface area contributed by atoms with Gasteiger partial charge in [0.05, 0.1) is 19.2 Å². The molecular formula is C21H26N2O4. The molecule has 6 nitrogen and oxygen atoms in total. The number of hydrogen-bond acceptors (Lipinski definition) is 4. The number of carbonyl (C=O) groups excluding carboxylic acids is 1. The van der Waals surface area contributed by atoms with Gasteiger partial charge < -0.3 is 19.4 Å². The molecule has 1 aromatic carbocycles. The van der Waals surface area contributed by atoms with E-state index in [0.29, 0.717) is 24.7 Å². The van der Waals surface area contributed by atoms with Gasteiger partial charge in [0, 0.05) is 22.9 Å². The zero-order chi connectivity index (χ0) is 19.4. The van der Waals surface area contributed by atoms with E-state index in [4.69, 9.17) is 9.47 Å². The summed E-state index contributed by atoms with van der Waals surface area (Å²) < 4.78 is 13.4. The van der Waals surface area contributed by atoms with Crippen molar-refractivity contribution in [1.82, 2.24) is 9.88 Å². The fraction of sp³-hybridized carbons (Fsp3) is 0.524. The number of hydrogen-bond donors (Lipinski definition) is 1. The van der Waals surface area contributed by atoms with E-state index in [1.165, 1.54) is 0 Å². The van der Waals surface area contributed by atoms with Crippen LogP contribution < -0.4 is 20.3 Å². The fourth-order valence-electron chi connectivity index (χ4n) is 4.03. The number of aromatic nitrogens is 1. The van der Waals surface area contributed by atoms with E-state index in [1.54, 1.807) is 17.7 Å². The van der Waals surface area contributed by atoms with Crippen LogP contribution in [0.5, 0.6) is 11.5 Å². The molecule has 6 heteroatoms. The quantitative estimate of drug-likeness (QED) is 0.882. The molecule has 1 fully saturated rings. The van der Waals surface area contributed by atoms with Gasteiger partial charge >= 0.3 is 0 Å². The predicted molar refractivity (Wildman–Crippen MR) is 104 cm³/mol. The van der Waals surface area contributed by atoms with Gasteiger partial charge in [0.2, 0.25) is 0 Å². The van der Waals surface area contributed by atoms with Crippen molar-refractivity contribution in [1.29, 1.82) is 0 Å². The number of benzene rings is 1. The third kappa shape index (κ3) is 2.97. The van der Waals surface area contributed by atoms with E-state index < -0.39 is 5.54 Å². The standard InChI is InChI=1S/C21H26N2O4/c1-20(2,3)22-18(24)14-10-13-6-7-15(26-4)17-16(13)23(19(14)25)11-21(12-27-17)8-5-9-21/h6-7,10H,5,8-9,11-12H2,1-4H3,(H,22,24). The van der Waals surface area contributed by atoms with Gasteiger partial charge in [-0.05, 0) is 51.8 Å². The summed E-state index contributed by atoms with van der Waals surface area (Å²) in [5.41, 5.74) is 0.163. The molecule has 1 saturated carbocycles.